The maximum atomic E-state index is 13.3. The van der Waals surface area contributed by atoms with Crippen LogP contribution in [0.15, 0.2) is 47.6 Å². The van der Waals surface area contributed by atoms with E-state index in [4.69, 9.17) is 44.6 Å². The van der Waals surface area contributed by atoms with Crippen LogP contribution in [0.1, 0.15) is 31.4 Å². The van der Waals surface area contributed by atoms with Gasteiger partial charge in [-0.15, -0.1) is 12.4 Å². The molecular formula is C23H26Cl4N4O2. The van der Waals surface area contributed by atoms with Crippen LogP contribution < -0.4 is 10.4 Å². The molecule has 1 amide bonds. The van der Waals surface area contributed by atoms with E-state index in [1.807, 2.05) is 42.3 Å². The fraction of sp³-hybridized carbons (Fsp3) is 0.391. The van der Waals surface area contributed by atoms with E-state index in [0.717, 1.165) is 24.9 Å². The van der Waals surface area contributed by atoms with Crippen molar-refractivity contribution in [2.45, 2.75) is 31.8 Å². The van der Waals surface area contributed by atoms with Crippen LogP contribution in [-0.4, -0.2) is 42.9 Å². The molecule has 2 aromatic carbocycles. The van der Waals surface area contributed by atoms with E-state index in [1.54, 1.807) is 24.3 Å². The van der Waals surface area contributed by atoms with Crippen LogP contribution in [0.5, 0.6) is 0 Å². The molecule has 0 radical (unpaired) electrons. The number of hydrogen-bond donors (Lipinski definition) is 1. The monoisotopic (exact) mass is 530 g/mol. The number of nitrogens with one attached hydrogen (secondary N) is 1. The molecule has 10 heteroatoms. The topological polar surface area (TPSA) is 57.2 Å². The average molecular weight is 532 g/mol. The van der Waals surface area contributed by atoms with E-state index >= 15 is 0 Å². The molecule has 0 aliphatic carbocycles. The Hall–Kier alpha value is -1.54. The van der Waals surface area contributed by atoms with Crippen molar-refractivity contribution < 1.29 is 9.53 Å². The number of methoxy groups -OCH3 is 1. The molecule has 33 heavy (non-hydrogen) atoms. The normalized spacial score (nSPS) is 22.8. The second kappa shape index (κ2) is 11.3. The molecule has 0 aromatic heterocycles. The summed E-state index contributed by atoms with van der Waals surface area (Å²) in [5.41, 5.74) is 5.16. The molecule has 2 aromatic rings. The standard InChI is InChI=1S/C23H25Cl3N4O2.ClH/c1-14-21(23(31)28-29-11-3-4-18(29)13-32-2)27-30(20-10-9-17(25)12-19(20)26)22(14)15-5-7-16(24)8-6-15;/h5-10,12,14,18,22H,3-4,11,13H2,1-2H3,(H,28,31);1H/t14-,18+,22+;/m0./s1. The highest BCUT2D eigenvalue weighted by atomic mass is 35.5. The molecule has 3 atom stereocenters. The van der Waals surface area contributed by atoms with Crippen molar-refractivity contribution in [3.63, 3.8) is 0 Å². The number of amides is 1. The van der Waals surface area contributed by atoms with Gasteiger partial charge in [-0.2, -0.15) is 5.10 Å². The summed E-state index contributed by atoms with van der Waals surface area (Å²) >= 11 is 18.7. The Kier molecular flexibility index (Phi) is 8.89. The van der Waals surface area contributed by atoms with Gasteiger partial charge in [-0.05, 0) is 48.7 Å². The SMILES string of the molecule is COC[C@H]1CCCN1NC(=O)C1=NN(c2ccc(Cl)cc2Cl)[C@@H](c2ccc(Cl)cc2)[C@H]1C.Cl. The third-order valence-electron chi connectivity index (χ3n) is 5.97. The van der Waals surface area contributed by atoms with Gasteiger partial charge in [-0.3, -0.25) is 15.2 Å². The smallest absolute Gasteiger partial charge is 0.282 e. The quantitative estimate of drug-likeness (QED) is 0.514. The van der Waals surface area contributed by atoms with E-state index in [-0.39, 0.29) is 36.3 Å². The van der Waals surface area contributed by atoms with Crippen LogP contribution in [0.4, 0.5) is 5.69 Å². The second-order valence-corrected chi connectivity index (χ2v) is 9.38. The van der Waals surface area contributed by atoms with Crippen molar-refractivity contribution >= 4 is 64.5 Å². The van der Waals surface area contributed by atoms with Gasteiger partial charge < -0.3 is 4.74 Å². The van der Waals surface area contributed by atoms with E-state index < -0.39 is 0 Å². The Bertz CT molecular complexity index is 1020. The minimum Gasteiger partial charge on any atom is -0.383 e. The van der Waals surface area contributed by atoms with Crippen molar-refractivity contribution in [2.24, 2.45) is 11.0 Å². The lowest BCUT2D eigenvalue weighted by atomic mass is 9.91. The Labute approximate surface area is 215 Å². The summed E-state index contributed by atoms with van der Waals surface area (Å²) < 4.78 is 5.30. The number of hydrogen-bond acceptors (Lipinski definition) is 5. The zero-order valence-corrected chi connectivity index (χ0v) is 21.4. The summed E-state index contributed by atoms with van der Waals surface area (Å²) in [7, 11) is 1.67. The van der Waals surface area contributed by atoms with Crippen molar-refractivity contribution in [2.75, 3.05) is 25.3 Å². The lowest BCUT2D eigenvalue weighted by Crippen LogP contribution is -2.49. The average Bonchev–Trinajstić information content (AvgIpc) is 3.33. The van der Waals surface area contributed by atoms with Crippen LogP contribution >= 0.6 is 47.2 Å². The summed E-state index contributed by atoms with van der Waals surface area (Å²) in [5.74, 6) is -0.404. The molecule has 1 fully saturated rings. The Morgan fingerprint density at radius 3 is 2.52 bits per heavy atom. The molecule has 4 rings (SSSR count). The molecule has 178 valence electrons. The molecular weight excluding hydrogens is 506 g/mol. The number of rotatable bonds is 6. The summed E-state index contributed by atoms with van der Waals surface area (Å²) in [6, 6.07) is 12.8. The highest BCUT2D eigenvalue weighted by molar-refractivity contribution is 6.41. The number of ether oxygens (including phenoxy) is 1. The lowest BCUT2D eigenvalue weighted by molar-refractivity contribution is -0.120. The maximum Gasteiger partial charge on any atom is 0.282 e. The van der Waals surface area contributed by atoms with Crippen LogP contribution in [0.2, 0.25) is 15.1 Å². The van der Waals surface area contributed by atoms with Crippen molar-refractivity contribution in [1.29, 1.82) is 0 Å². The van der Waals surface area contributed by atoms with Gasteiger partial charge in [0.25, 0.3) is 5.91 Å². The number of carbonyl (C=O) groups is 1. The Morgan fingerprint density at radius 2 is 1.85 bits per heavy atom. The number of hydrazone groups is 1. The molecule has 0 spiro atoms. The number of carbonyl (C=O) groups excluding carboxylic acids is 1. The molecule has 6 nitrogen and oxygen atoms in total. The van der Waals surface area contributed by atoms with Gasteiger partial charge in [-0.1, -0.05) is 53.9 Å². The first-order valence-corrected chi connectivity index (χ1v) is 11.7. The second-order valence-electron chi connectivity index (χ2n) is 8.10. The van der Waals surface area contributed by atoms with Crippen LogP contribution in [0.25, 0.3) is 0 Å². The zero-order valence-electron chi connectivity index (χ0n) is 18.3. The van der Waals surface area contributed by atoms with Gasteiger partial charge in [-0.25, -0.2) is 5.01 Å². The van der Waals surface area contributed by atoms with Crippen LogP contribution in [-0.2, 0) is 9.53 Å². The van der Waals surface area contributed by atoms with Gasteiger partial charge in [0.2, 0.25) is 0 Å². The third kappa shape index (κ3) is 5.59. The lowest BCUT2D eigenvalue weighted by Gasteiger charge is -2.28. The van der Waals surface area contributed by atoms with E-state index in [9.17, 15) is 4.79 Å². The first-order valence-electron chi connectivity index (χ1n) is 10.5. The van der Waals surface area contributed by atoms with Crippen molar-refractivity contribution in [3.05, 3.63) is 63.1 Å². The molecule has 1 saturated heterocycles. The highest BCUT2D eigenvalue weighted by Crippen LogP contribution is 2.42. The zero-order chi connectivity index (χ0) is 22.8. The van der Waals surface area contributed by atoms with E-state index in [1.165, 1.54) is 0 Å². The summed E-state index contributed by atoms with van der Waals surface area (Å²) in [5, 5.41) is 10.1. The predicted molar refractivity (Wildman–Crippen MR) is 137 cm³/mol. The number of anilines is 1. The predicted octanol–water partition coefficient (Wildman–Crippen LogP) is 5.76. The Morgan fingerprint density at radius 1 is 1.15 bits per heavy atom. The largest absolute Gasteiger partial charge is 0.383 e. The summed E-state index contributed by atoms with van der Waals surface area (Å²) in [4.78, 5) is 13.3. The summed E-state index contributed by atoms with van der Waals surface area (Å²) in [6.45, 7) is 3.36. The fourth-order valence-corrected chi connectivity index (χ4v) is 5.00. The molecule has 2 aliphatic heterocycles. The van der Waals surface area contributed by atoms with Crippen molar-refractivity contribution in [3.8, 4) is 0 Å². The number of benzene rings is 2. The molecule has 0 unspecified atom stereocenters. The number of nitrogens with zero attached hydrogens (tertiary/aromatic N) is 3. The molecule has 1 N–H and O–H groups in total. The molecule has 0 saturated carbocycles. The van der Waals surface area contributed by atoms with Gasteiger partial charge in [0.05, 0.1) is 29.4 Å². The number of hydrazine groups is 1. The fourth-order valence-electron chi connectivity index (χ4n) is 4.38. The third-order valence-corrected chi connectivity index (χ3v) is 6.76. The first-order chi connectivity index (χ1) is 15.4. The van der Waals surface area contributed by atoms with Crippen LogP contribution in [0, 0.1) is 5.92 Å². The Balaban J connectivity index is 0.00000306. The molecule has 2 aliphatic rings. The van der Waals surface area contributed by atoms with Crippen LogP contribution in [0.3, 0.4) is 0 Å². The first kappa shape index (κ1) is 26.1. The van der Waals surface area contributed by atoms with Gasteiger partial charge in [0.1, 0.15) is 5.71 Å². The maximum absolute atomic E-state index is 13.3. The minimum atomic E-state index is -0.222. The highest BCUT2D eigenvalue weighted by Gasteiger charge is 2.41. The van der Waals surface area contributed by atoms with E-state index in [0.29, 0.717) is 33.1 Å². The van der Waals surface area contributed by atoms with Gasteiger partial charge in [0, 0.05) is 29.6 Å². The van der Waals surface area contributed by atoms with Crippen molar-refractivity contribution in [1.82, 2.24) is 10.4 Å². The number of halogens is 4. The minimum absolute atomic E-state index is 0. The molecule has 0 bridgehead atoms. The molecule has 2 heterocycles. The van der Waals surface area contributed by atoms with Gasteiger partial charge >= 0.3 is 0 Å². The van der Waals surface area contributed by atoms with E-state index in [2.05, 4.69) is 5.43 Å². The van der Waals surface area contributed by atoms with Gasteiger partial charge in [0.15, 0.2) is 0 Å². The summed E-state index contributed by atoms with van der Waals surface area (Å²) in [6.07, 6.45) is 1.99.